The molecule has 1 saturated heterocycles. The summed E-state index contributed by atoms with van der Waals surface area (Å²) in [5.74, 6) is -3.38. The zero-order valence-electron chi connectivity index (χ0n) is 25.3. The number of fused-ring (bicyclic) bond motifs is 1. The molecule has 44 heavy (non-hydrogen) atoms. The van der Waals surface area contributed by atoms with Crippen molar-refractivity contribution in [1.29, 1.82) is 0 Å². The minimum absolute atomic E-state index is 0.0446. The summed E-state index contributed by atoms with van der Waals surface area (Å²) in [5.41, 5.74) is 6.15. The largest absolute Gasteiger partial charge is 0.480 e. The lowest BCUT2D eigenvalue weighted by Crippen LogP contribution is -2.53. The van der Waals surface area contributed by atoms with Crippen molar-refractivity contribution in [2.24, 2.45) is 17.6 Å². The Hall–Kier alpha value is -4.06. The van der Waals surface area contributed by atoms with Crippen molar-refractivity contribution in [2.75, 3.05) is 0 Å². The fourth-order valence-corrected chi connectivity index (χ4v) is 5.95. The highest BCUT2D eigenvalue weighted by atomic mass is 16.6. The third-order valence-electron chi connectivity index (χ3n) is 8.70. The van der Waals surface area contributed by atoms with E-state index in [9.17, 15) is 29.1 Å². The van der Waals surface area contributed by atoms with Gasteiger partial charge in [0.2, 0.25) is 17.7 Å². The first-order valence-corrected chi connectivity index (χ1v) is 15.5. The Morgan fingerprint density at radius 1 is 1.02 bits per heavy atom. The van der Waals surface area contributed by atoms with Gasteiger partial charge in [-0.3, -0.25) is 19.2 Å². The van der Waals surface area contributed by atoms with E-state index in [1.54, 1.807) is 31.2 Å². The standard InChI is InChI=1S/C32H43N5O7/c1-3-18(2)28(32(42)43)37-27(39)17-25-29(44-25)23(15-19-9-5-4-6-10-19)35-31(41)24(16-26(33)38)36-30(40)22-14-13-20-11-7-8-12-21(20)34-22/h7-8,11-14,18-19,23-25,28-29H,3-6,9-10,15-17H2,1-2H3,(H2,33,38)(H,35,41)(H,36,40)(H,37,39)(H,42,43)/t18-,23?,24+,25?,28-,29?/m0/s1. The first kappa shape index (κ1) is 32.8. The number of benzene rings is 1. The highest BCUT2D eigenvalue weighted by Crippen LogP contribution is 2.35. The topological polar surface area (TPSA) is 193 Å². The number of ether oxygens (including phenoxy) is 1. The lowest BCUT2D eigenvalue weighted by atomic mass is 9.83. The maximum absolute atomic E-state index is 13.5. The Kier molecular flexibility index (Phi) is 11.3. The van der Waals surface area contributed by atoms with Gasteiger partial charge in [0.1, 0.15) is 23.9 Å². The van der Waals surface area contributed by atoms with Crippen molar-refractivity contribution in [1.82, 2.24) is 20.9 Å². The Bertz CT molecular complexity index is 1360. The molecule has 1 aliphatic heterocycles. The summed E-state index contributed by atoms with van der Waals surface area (Å²) in [6.07, 6.45) is 5.14. The second-order valence-corrected chi connectivity index (χ2v) is 12.1. The minimum Gasteiger partial charge on any atom is -0.480 e. The molecule has 2 aliphatic rings. The van der Waals surface area contributed by atoms with Gasteiger partial charge in [-0.2, -0.15) is 0 Å². The number of epoxide rings is 1. The van der Waals surface area contributed by atoms with Gasteiger partial charge in [0.15, 0.2) is 0 Å². The number of carbonyl (C=O) groups excluding carboxylic acids is 4. The molecule has 2 aromatic rings. The molecule has 6 N–H and O–H groups in total. The van der Waals surface area contributed by atoms with Gasteiger partial charge in [0, 0.05) is 5.39 Å². The number of hydrogen-bond donors (Lipinski definition) is 5. The fourth-order valence-electron chi connectivity index (χ4n) is 5.95. The van der Waals surface area contributed by atoms with Crippen LogP contribution in [-0.4, -0.2) is 70.0 Å². The van der Waals surface area contributed by atoms with Crippen molar-refractivity contribution in [3.63, 3.8) is 0 Å². The van der Waals surface area contributed by atoms with E-state index < -0.39 is 66.4 Å². The van der Waals surface area contributed by atoms with Crippen LogP contribution in [0.3, 0.4) is 0 Å². The van der Waals surface area contributed by atoms with Crippen LogP contribution >= 0.6 is 0 Å². The second-order valence-electron chi connectivity index (χ2n) is 12.1. The normalized spacial score (nSPS) is 21.0. The number of nitrogens with zero attached hydrogens (tertiary/aromatic N) is 1. The maximum Gasteiger partial charge on any atom is 0.326 e. The summed E-state index contributed by atoms with van der Waals surface area (Å²) in [6.45, 7) is 3.63. The molecule has 3 unspecified atom stereocenters. The molecule has 12 nitrogen and oxygen atoms in total. The van der Waals surface area contributed by atoms with Crippen LogP contribution in [0.4, 0.5) is 0 Å². The average Bonchev–Trinajstić information content (AvgIpc) is 3.77. The first-order valence-electron chi connectivity index (χ1n) is 15.5. The summed E-state index contributed by atoms with van der Waals surface area (Å²) in [7, 11) is 0. The van der Waals surface area contributed by atoms with Gasteiger partial charge in [-0.1, -0.05) is 76.6 Å². The molecule has 0 bridgehead atoms. The molecule has 12 heteroatoms. The van der Waals surface area contributed by atoms with Crippen molar-refractivity contribution in [2.45, 2.75) is 102 Å². The number of amides is 4. The lowest BCUT2D eigenvalue weighted by Gasteiger charge is -2.28. The number of nitrogens with one attached hydrogen (secondary N) is 3. The van der Waals surface area contributed by atoms with Crippen LogP contribution in [0.2, 0.25) is 0 Å². The summed E-state index contributed by atoms with van der Waals surface area (Å²) in [4.78, 5) is 67.3. The van der Waals surface area contributed by atoms with Crippen LogP contribution < -0.4 is 21.7 Å². The molecule has 2 fully saturated rings. The van der Waals surface area contributed by atoms with E-state index in [1.807, 2.05) is 19.1 Å². The van der Waals surface area contributed by atoms with Crippen LogP contribution in [0, 0.1) is 11.8 Å². The maximum atomic E-state index is 13.5. The number of hydrogen-bond acceptors (Lipinski definition) is 7. The Morgan fingerprint density at radius 3 is 2.43 bits per heavy atom. The number of carboxylic acid groups (broad SMARTS) is 1. The van der Waals surface area contributed by atoms with E-state index in [4.69, 9.17) is 10.5 Å². The Labute approximate surface area is 256 Å². The first-order chi connectivity index (χ1) is 21.0. The van der Waals surface area contributed by atoms with Crippen molar-refractivity contribution in [3.05, 3.63) is 42.1 Å². The molecule has 0 spiro atoms. The number of aromatic nitrogens is 1. The highest BCUT2D eigenvalue weighted by Gasteiger charge is 2.48. The molecule has 0 radical (unpaired) electrons. The quantitative estimate of drug-likeness (QED) is 0.190. The zero-order chi connectivity index (χ0) is 31.8. The number of para-hydroxylation sites is 1. The summed E-state index contributed by atoms with van der Waals surface area (Å²) in [6, 6.07) is 7.89. The molecule has 4 amide bonds. The molecule has 1 aliphatic carbocycles. The number of nitrogens with two attached hydrogens (primary N) is 1. The van der Waals surface area contributed by atoms with E-state index in [0.29, 0.717) is 24.3 Å². The fraction of sp³-hybridized carbons (Fsp3) is 0.562. The van der Waals surface area contributed by atoms with Crippen LogP contribution in [0.5, 0.6) is 0 Å². The monoisotopic (exact) mass is 609 g/mol. The van der Waals surface area contributed by atoms with Gasteiger partial charge in [0.25, 0.3) is 5.91 Å². The van der Waals surface area contributed by atoms with Gasteiger partial charge in [-0.25, -0.2) is 9.78 Å². The van der Waals surface area contributed by atoms with Crippen molar-refractivity contribution < 1.29 is 33.8 Å². The van der Waals surface area contributed by atoms with Gasteiger partial charge in [-0.15, -0.1) is 0 Å². The zero-order valence-corrected chi connectivity index (χ0v) is 25.3. The number of pyridine rings is 1. The Morgan fingerprint density at radius 2 is 1.75 bits per heavy atom. The molecular weight excluding hydrogens is 566 g/mol. The van der Waals surface area contributed by atoms with Crippen molar-refractivity contribution >= 4 is 40.5 Å². The third-order valence-corrected chi connectivity index (χ3v) is 8.70. The second kappa shape index (κ2) is 15.1. The molecular formula is C32H43N5O7. The van der Waals surface area contributed by atoms with Crippen LogP contribution in [0.15, 0.2) is 36.4 Å². The molecule has 1 aromatic heterocycles. The van der Waals surface area contributed by atoms with E-state index >= 15 is 0 Å². The van der Waals surface area contributed by atoms with Crippen LogP contribution in [0.25, 0.3) is 10.9 Å². The number of carbonyl (C=O) groups is 5. The third kappa shape index (κ3) is 8.98. The molecule has 1 saturated carbocycles. The minimum atomic E-state index is -1.24. The highest BCUT2D eigenvalue weighted by molar-refractivity contribution is 5.99. The molecule has 6 atom stereocenters. The van der Waals surface area contributed by atoms with E-state index in [0.717, 1.165) is 37.5 Å². The van der Waals surface area contributed by atoms with E-state index in [-0.39, 0.29) is 18.0 Å². The van der Waals surface area contributed by atoms with Gasteiger partial charge < -0.3 is 31.5 Å². The molecule has 238 valence electrons. The van der Waals surface area contributed by atoms with E-state index in [1.165, 1.54) is 0 Å². The van der Waals surface area contributed by atoms with Crippen LogP contribution in [0.1, 0.15) is 82.1 Å². The SMILES string of the molecule is CC[C@H](C)[C@H](NC(=O)CC1OC1C(CC1CCCCC1)NC(=O)[C@@H](CC(N)=O)NC(=O)c1ccc2ccccc2n1)C(=O)O. The number of rotatable bonds is 15. The average molecular weight is 610 g/mol. The summed E-state index contributed by atoms with van der Waals surface area (Å²) >= 11 is 0. The molecule has 1 aromatic carbocycles. The van der Waals surface area contributed by atoms with Crippen LogP contribution in [-0.2, 0) is 23.9 Å². The van der Waals surface area contributed by atoms with E-state index in [2.05, 4.69) is 20.9 Å². The summed E-state index contributed by atoms with van der Waals surface area (Å²) in [5, 5.41) is 18.6. The summed E-state index contributed by atoms with van der Waals surface area (Å²) < 4.78 is 5.86. The number of primary amides is 1. The van der Waals surface area contributed by atoms with Gasteiger partial charge in [-0.05, 0) is 30.4 Å². The van der Waals surface area contributed by atoms with Gasteiger partial charge in [0.05, 0.1) is 30.5 Å². The number of carboxylic acids is 1. The van der Waals surface area contributed by atoms with Gasteiger partial charge >= 0.3 is 5.97 Å². The smallest absolute Gasteiger partial charge is 0.326 e. The Balaban J connectivity index is 1.44. The predicted molar refractivity (Wildman–Crippen MR) is 162 cm³/mol. The molecule has 4 rings (SSSR count). The molecule has 2 heterocycles. The lowest BCUT2D eigenvalue weighted by molar-refractivity contribution is -0.143. The number of aliphatic carboxylic acids is 1. The van der Waals surface area contributed by atoms with Crippen molar-refractivity contribution in [3.8, 4) is 0 Å². The predicted octanol–water partition coefficient (Wildman–Crippen LogP) is 2.44.